The fourth-order valence-electron chi connectivity index (χ4n) is 3.62. The number of para-hydroxylation sites is 1. The van der Waals surface area contributed by atoms with Gasteiger partial charge in [0.1, 0.15) is 11.6 Å². The molecule has 1 N–H and O–H groups in total. The molecule has 1 amide bonds. The number of halogens is 3. The van der Waals surface area contributed by atoms with E-state index in [9.17, 15) is 22.0 Å². The van der Waals surface area contributed by atoms with E-state index < -0.39 is 21.7 Å². The van der Waals surface area contributed by atoms with Gasteiger partial charge in [-0.15, -0.1) is 0 Å². The van der Waals surface area contributed by atoms with Crippen molar-refractivity contribution in [3.05, 3.63) is 89.0 Å². The Labute approximate surface area is 195 Å². The molecule has 3 aromatic rings. The number of benzene rings is 3. The molecule has 33 heavy (non-hydrogen) atoms. The number of amides is 1. The van der Waals surface area contributed by atoms with Gasteiger partial charge >= 0.3 is 0 Å². The fraction of sp³-hybridized carbons (Fsp3) is 0.174. The van der Waals surface area contributed by atoms with Gasteiger partial charge in [-0.2, -0.15) is 4.31 Å². The lowest BCUT2D eigenvalue weighted by Crippen LogP contribution is -2.48. The second-order valence-corrected chi connectivity index (χ2v) is 9.76. The minimum atomic E-state index is -3.97. The quantitative estimate of drug-likeness (QED) is 0.575. The summed E-state index contributed by atoms with van der Waals surface area (Å²) in [6.45, 7) is 0.857. The molecule has 0 atom stereocenters. The van der Waals surface area contributed by atoms with E-state index in [1.54, 1.807) is 35.2 Å². The van der Waals surface area contributed by atoms with Gasteiger partial charge in [-0.25, -0.2) is 17.2 Å². The molecule has 0 unspecified atom stereocenters. The number of rotatable bonds is 5. The van der Waals surface area contributed by atoms with Gasteiger partial charge in [0.05, 0.1) is 26.9 Å². The zero-order chi connectivity index (χ0) is 23.6. The fourth-order valence-corrected chi connectivity index (χ4v) is 5.28. The van der Waals surface area contributed by atoms with Crippen LogP contribution in [0.1, 0.15) is 10.4 Å². The average molecular weight is 492 g/mol. The molecule has 4 rings (SSSR count). The summed E-state index contributed by atoms with van der Waals surface area (Å²) in [5, 5.41) is 2.62. The van der Waals surface area contributed by atoms with Crippen LogP contribution in [0.4, 0.5) is 20.2 Å². The Morgan fingerprint density at radius 2 is 1.55 bits per heavy atom. The zero-order valence-electron chi connectivity index (χ0n) is 17.3. The molecular weight excluding hydrogens is 472 g/mol. The third kappa shape index (κ3) is 4.85. The molecule has 6 nitrogen and oxygen atoms in total. The predicted octanol–water partition coefficient (Wildman–Crippen LogP) is 4.38. The van der Waals surface area contributed by atoms with Crippen LogP contribution in [-0.2, 0) is 10.0 Å². The number of piperazine rings is 1. The molecule has 0 radical (unpaired) electrons. The smallest absolute Gasteiger partial charge is 0.257 e. The van der Waals surface area contributed by atoms with Crippen molar-refractivity contribution < 1.29 is 22.0 Å². The maximum atomic E-state index is 14.7. The number of nitrogens with one attached hydrogen (secondary N) is 1. The summed E-state index contributed by atoms with van der Waals surface area (Å²) in [6, 6.07) is 15.9. The van der Waals surface area contributed by atoms with E-state index in [-0.39, 0.29) is 40.1 Å². The van der Waals surface area contributed by atoms with E-state index in [4.69, 9.17) is 11.6 Å². The third-order valence-electron chi connectivity index (χ3n) is 5.38. The molecule has 0 aliphatic carbocycles. The molecule has 1 aliphatic heterocycles. The topological polar surface area (TPSA) is 69.7 Å². The first-order valence-corrected chi connectivity index (χ1v) is 11.9. The lowest BCUT2D eigenvalue weighted by molar-refractivity contribution is 0.102. The van der Waals surface area contributed by atoms with Gasteiger partial charge in [-0.05, 0) is 42.5 Å². The highest BCUT2D eigenvalue weighted by atomic mass is 35.5. The standard InChI is InChI=1S/C23H20ClF2N3O3S/c24-18-6-2-1-5-17(18)23(30)27-21-10-9-16(15-20(21)26)33(31,32)29-13-11-28(12-14-29)22-8-4-3-7-19(22)25/h1-10,15H,11-14H2,(H,27,30). The highest BCUT2D eigenvalue weighted by molar-refractivity contribution is 7.89. The molecule has 172 valence electrons. The lowest BCUT2D eigenvalue weighted by atomic mass is 10.2. The van der Waals surface area contributed by atoms with E-state index in [0.717, 1.165) is 6.07 Å². The van der Waals surface area contributed by atoms with Crippen LogP contribution in [0.5, 0.6) is 0 Å². The van der Waals surface area contributed by atoms with Gasteiger partial charge in [-0.3, -0.25) is 4.79 Å². The van der Waals surface area contributed by atoms with E-state index in [2.05, 4.69) is 5.32 Å². The lowest BCUT2D eigenvalue weighted by Gasteiger charge is -2.35. The van der Waals surface area contributed by atoms with Gasteiger partial charge < -0.3 is 10.2 Å². The van der Waals surface area contributed by atoms with Gasteiger partial charge in [0, 0.05) is 26.2 Å². The van der Waals surface area contributed by atoms with Crippen LogP contribution in [0.25, 0.3) is 0 Å². The van der Waals surface area contributed by atoms with Crippen LogP contribution in [0.15, 0.2) is 71.6 Å². The second-order valence-electron chi connectivity index (χ2n) is 7.42. The summed E-state index contributed by atoms with van der Waals surface area (Å²) >= 11 is 5.99. The van der Waals surface area contributed by atoms with Crippen molar-refractivity contribution >= 4 is 38.9 Å². The first kappa shape index (κ1) is 23.2. The monoisotopic (exact) mass is 491 g/mol. The Kier molecular flexibility index (Phi) is 6.64. The normalized spacial score (nSPS) is 14.8. The molecule has 1 heterocycles. The largest absolute Gasteiger partial charge is 0.367 e. The first-order chi connectivity index (χ1) is 15.8. The van der Waals surface area contributed by atoms with Gasteiger partial charge in [0.2, 0.25) is 10.0 Å². The van der Waals surface area contributed by atoms with Crippen molar-refractivity contribution in [1.82, 2.24) is 4.31 Å². The van der Waals surface area contributed by atoms with E-state index in [1.807, 2.05) is 0 Å². The summed E-state index contributed by atoms with van der Waals surface area (Å²) in [7, 11) is -3.97. The molecule has 0 spiro atoms. The van der Waals surface area contributed by atoms with Crippen LogP contribution in [0, 0.1) is 11.6 Å². The van der Waals surface area contributed by atoms with Crippen molar-refractivity contribution in [2.45, 2.75) is 4.90 Å². The minimum absolute atomic E-state index is 0.128. The molecule has 1 saturated heterocycles. The maximum absolute atomic E-state index is 14.7. The average Bonchev–Trinajstić information content (AvgIpc) is 2.81. The maximum Gasteiger partial charge on any atom is 0.257 e. The number of sulfonamides is 1. The SMILES string of the molecule is O=C(Nc1ccc(S(=O)(=O)N2CCN(c3ccccc3F)CC2)cc1F)c1ccccc1Cl. The van der Waals surface area contributed by atoms with Crippen molar-refractivity contribution in [3.63, 3.8) is 0 Å². The Bertz CT molecular complexity index is 1300. The van der Waals surface area contributed by atoms with Gasteiger partial charge in [0.15, 0.2) is 0 Å². The Balaban J connectivity index is 1.47. The van der Waals surface area contributed by atoms with Gasteiger partial charge in [-0.1, -0.05) is 35.9 Å². The van der Waals surface area contributed by atoms with Crippen LogP contribution in [0.2, 0.25) is 5.02 Å². The zero-order valence-corrected chi connectivity index (χ0v) is 18.9. The highest BCUT2D eigenvalue weighted by Crippen LogP contribution is 2.26. The number of carbonyl (C=O) groups excluding carboxylic acids is 1. The molecule has 0 saturated carbocycles. The van der Waals surface area contributed by atoms with Crippen LogP contribution < -0.4 is 10.2 Å². The molecule has 1 fully saturated rings. The van der Waals surface area contributed by atoms with Crippen LogP contribution >= 0.6 is 11.6 Å². The highest BCUT2D eigenvalue weighted by Gasteiger charge is 2.30. The minimum Gasteiger partial charge on any atom is -0.367 e. The molecule has 0 aromatic heterocycles. The molecule has 10 heteroatoms. The Hall–Kier alpha value is -3.01. The van der Waals surface area contributed by atoms with Crippen molar-refractivity contribution in [2.24, 2.45) is 0 Å². The van der Waals surface area contributed by atoms with Crippen molar-refractivity contribution in [2.75, 3.05) is 36.4 Å². The number of nitrogens with zero attached hydrogens (tertiary/aromatic N) is 2. The second kappa shape index (κ2) is 9.46. The number of carbonyl (C=O) groups is 1. The predicted molar refractivity (Wildman–Crippen MR) is 123 cm³/mol. The summed E-state index contributed by atoms with van der Waals surface area (Å²) in [5.41, 5.74) is 0.422. The summed E-state index contributed by atoms with van der Waals surface area (Å²) in [5.74, 6) is -1.87. The summed E-state index contributed by atoms with van der Waals surface area (Å²) < 4.78 is 56.0. The third-order valence-corrected chi connectivity index (χ3v) is 7.60. The number of anilines is 2. The Morgan fingerprint density at radius 1 is 0.879 bits per heavy atom. The van der Waals surface area contributed by atoms with Crippen molar-refractivity contribution in [1.29, 1.82) is 0 Å². The molecular formula is C23H20ClF2N3O3S. The van der Waals surface area contributed by atoms with Crippen LogP contribution in [-0.4, -0.2) is 44.8 Å². The number of hydrogen-bond donors (Lipinski definition) is 1. The molecule has 3 aromatic carbocycles. The summed E-state index contributed by atoms with van der Waals surface area (Å²) in [4.78, 5) is 13.9. The van der Waals surface area contributed by atoms with E-state index in [1.165, 1.54) is 34.6 Å². The van der Waals surface area contributed by atoms with E-state index >= 15 is 0 Å². The number of hydrogen-bond acceptors (Lipinski definition) is 4. The van der Waals surface area contributed by atoms with E-state index in [0.29, 0.717) is 18.8 Å². The molecule has 0 bridgehead atoms. The Morgan fingerprint density at radius 3 is 2.21 bits per heavy atom. The molecule has 1 aliphatic rings. The van der Waals surface area contributed by atoms with Gasteiger partial charge in [0.25, 0.3) is 5.91 Å². The van der Waals surface area contributed by atoms with Crippen molar-refractivity contribution in [3.8, 4) is 0 Å². The first-order valence-electron chi connectivity index (χ1n) is 10.1. The summed E-state index contributed by atoms with van der Waals surface area (Å²) in [6.07, 6.45) is 0. The van der Waals surface area contributed by atoms with Crippen LogP contribution in [0.3, 0.4) is 0 Å².